The zero-order valence-corrected chi connectivity index (χ0v) is 47.4. The van der Waals surface area contributed by atoms with Gasteiger partial charge in [-0.3, -0.25) is 18.6 Å². The number of methoxy groups -OCH3 is 2. The van der Waals surface area contributed by atoms with E-state index in [2.05, 4.69) is 0 Å². The minimum absolute atomic E-state index is 0.00666. The van der Waals surface area contributed by atoms with E-state index in [1.54, 1.807) is 116 Å². The van der Waals surface area contributed by atoms with Gasteiger partial charge in [0, 0.05) is 45.3 Å². The maximum atomic E-state index is 15.1. The summed E-state index contributed by atoms with van der Waals surface area (Å²) in [4.78, 5) is 76.7. The fourth-order valence-corrected chi connectivity index (χ4v) is 11.4. The molecule has 3 aliphatic heterocycles. The van der Waals surface area contributed by atoms with Gasteiger partial charge in [0.1, 0.15) is 30.2 Å². The molecule has 1 N–H and O–H groups in total. The standard InChI is InChI=1S/C55H81NO19S/c1-16-41-55(62,30-66-37(8)57)47(74-76-75-65-15)33(4)43(58)31(2)28-53(9,63-13)46(73-52-45(40(56(11)12)27-32(3)67-52)71-50(60)38-23-19-17-20-24-38)34(5)44(35(6)49(59)69-41)70-42-29-54(10,64-14)48(36(7)68-42)72-51(61)39-25-21-18-22-26-39/h17-26,31-36,40-42,44-48,52,62H,16,27-30H2,1-15H3/t31-,32-,33+,34+,35-,36+,40+,41-,42?,44+,45-,46-,47-,48+,52?,53+,54-,55-/m1/s1. The Morgan fingerprint density at radius 2 is 1.34 bits per heavy atom. The van der Waals surface area contributed by atoms with Crippen LogP contribution in [0.15, 0.2) is 60.7 Å². The monoisotopic (exact) mass is 1090 g/mol. The van der Waals surface area contributed by atoms with Crippen molar-refractivity contribution >= 4 is 42.0 Å². The predicted octanol–water partition coefficient (Wildman–Crippen LogP) is 6.88. The zero-order valence-electron chi connectivity index (χ0n) is 46.6. The van der Waals surface area contributed by atoms with Crippen molar-refractivity contribution in [2.24, 2.45) is 23.7 Å². The first-order chi connectivity index (χ1) is 35.9. The van der Waals surface area contributed by atoms with Crippen LogP contribution in [0.1, 0.15) is 116 Å². The Kier molecular flexibility index (Phi) is 22.8. The molecule has 426 valence electrons. The lowest BCUT2D eigenvalue weighted by atomic mass is 9.73. The third-order valence-corrected chi connectivity index (χ3v) is 15.7. The lowest BCUT2D eigenvalue weighted by Crippen LogP contribution is -2.63. The SMILES string of the molecule is CC[C@H]1OC(=O)[C@H](C)[C@@H](OC2C[C@@](C)(OC)[C@@H](OC(=O)c3ccccc3)[C@H](C)O2)[C@H](C)[C@@H](OC2O[C@H](C)C[C@H](N(C)C)[C@H]2OC(=O)c2ccccc2)[C@@](C)(OC)C[C@@H](C)C(=O)[C@H](C)[C@@H](OSOOC)[C@@]1(O)COC(C)=O. The number of nitrogens with zero attached hydrogens (tertiary/aromatic N) is 1. The number of carbonyl (C=O) groups excluding carboxylic acids is 5. The quantitative estimate of drug-likeness (QED) is 0.0401. The second-order valence-electron chi connectivity index (χ2n) is 21.0. The molecule has 20 nitrogen and oxygen atoms in total. The van der Waals surface area contributed by atoms with Crippen LogP contribution in [0.2, 0.25) is 0 Å². The van der Waals surface area contributed by atoms with Crippen molar-refractivity contribution in [2.45, 2.75) is 179 Å². The Hall–Kier alpha value is -4.10. The molecule has 21 heteroatoms. The van der Waals surface area contributed by atoms with Crippen LogP contribution in [0.25, 0.3) is 0 Å². The van der Waals surface area contributed by atoms with Crippen LogP contribution in [0, 0.1) is 23.7 Å². The van der Waals surface area contributed by atoms with E-state index in [4.69, 9.17) is 60.8 Å². The fourth-order valence-electron chi connectivity index (χ4n) is 10.9. The minimum Gasteiger partial charge on any atom is -0.463 e. The van der Waals surface area contributed by atoms with E-state index in [0.717, 1.165) is 6.92 Å². The molecule has 3 aliphatic rings. The summed E-state index contributed by atoms with van der Waals surface area (Å²) < 4.78 is 75.3. The number of likely N-dealkylation sites (N-methyl/N-ethyl adjacent to an activating group) is 1. The second-order valence-corrected chi connectivity index (χ2v) is 21.5. The number of esters is 4. The van der Waals surface area contributed by atoms with Gasteiger partial charge in [-0.15, -0.1) is 4.33 Å². The van der Waals surface area contributed by atoms with Crippen LogP contribution in [0.3, 0.4) is 0 Å². The molecule has 2 aromatic rings. The van der Waals surface area contributed by atoms with Crippen LogP contribution >= 0.6 is 12.3 Å². The van der Waals surface area contributed by atoms with E-state index in [1.165, 1.54) is 21.3 Å². The smallest absolute Gasteiger partial charge is 0.338 e. The summed E-state index contributed by atoms with van der Waals surface area (Å²) in [5, 5.41) is 12.9. The largest absolute Gasteiger partial charge is 0.463 e. The topological polar surface area (TPSA) is 229 Å². The van der Waals surface area contributed by atoms with Crippen LogP contribution in [-0.4, -0.2) is 166 Å². The van der Waals surface area contributed by atoms with Gasteiger partial charge in [0.25, 0.3) is 0 Å². The highest BCUT2D eigenvalue weighted by atomic mass is 32.2. The van der Waals surface area contributed by atoms with Crippen molar-refractivity contribution in [1.82, 2.24) is 4.90 Å². The molecular formula is C55H81NO19S. The lowest BCUT2D eigenvalue weighted by molar-refractivity contribution is -0.318. The molecule has 0 aliphatic carbocycles. The van der Waals surface area contributed by atoms with Crippen molar-refractivity contribution < 1.29 is 89.9 Å². The van der Waals surface area contributed by atoms with Gasteiger partial charge in [0.05, 0.1) is 60.2 Å². The Morgan fingerprint density at radius 3 is 1.88 bits per heavy atom. The van der Waals surface area contributed by atoms with Crippen LogP contribution < -0.4 is 0 Å². The molecule has 0 spiro atoms. The van der Waals surface area contributed by atoms with E-state index < -0.39 is 144 Å². The molecule has 18 atom stereocenters. The molecule has 0 saturated carbocycles. The average molecular weight is 1090 g/mol. The molecule has 3 saturated heterocycles. The maximum absolute atomic E-state index is 15.1. The Balaban J connectivity index is 1.68. The van der Waals surface area contributed by atoms with E-state index in [0.29, 0.717) is 29.9 Å². The number of Topliss-reactive ketones (excluding diaryl/α,β-unsaturated/α-hetero) is 1. The summed E-state index contributed by atoms with van der Waals surface area (Å²) in [6, 6.07) is 16.7. The van der Waals surface area contributed by atoms with Crippen molar-refractivity contribution in [3.05, 3.63) is 71.8 Å². The minimum atomic E-state index is -2.37. The van der Waals surface area contributed by atoms with Crippen LogP contribution in [0.5, 0.6) is 0 Å². The highest BCUT2D eigenvalue weighted by molar-refractivity contribution is 7.89. The van der Waals surface area contributed by atoms with Crippen molar-refractivity contribution in [2.75, 3.05) is 42.0 Å². The number of benzene rings is 2. The van der Waals surface area contributed by atoms with Gasteiger partial charge in [0.15, 0.2) is 42.7 Å². The Labute approximate surface area is 451 Å². The third-order valence-electron chi connectivity index (χ3n) is 15.2. The summed E-state index contributed by atoms with van der Waals surface area (Å²) >= 11 is 0.330. The van der Waals surface area contributed by atoms with Gasteiger partial charge in [-0.25, -0.2) is 14.5 Å². The van der Waals surface area contributed by atoms with Crippen molar-refractivity contribution in [3.63, 3.8) is 0 Å². The van der Waals surface area contributed by atoms with Gasteiger partial charge in [-0.2, -0.15) is 0 Å². The van der Waals surface area contributed by atoms with Gasteiger partial charge >= 0.3 is 23.9 Å². The number of carbonyl (C=O) groups is 5. The van der Waals surface area contributed by atoms with Crippen LogP contribution in [0.4, 0.5) is 0 Å². The molecule has 0 radical (unpaired) electrons. The van der Waals surface area contributed by atoms with Crippen molar-refractivity contribution in [1.29, 1.82) is 0 Å². The summed E-state index contributed by atoms with van der Waals surface area (Å²) in [6.07, 6.45) is -10.6. The molecular weight excluding hydrogens is 1010 g/mol. The fraction of sp³-hybridized carbons (Fsp3) is 0.691. The lowest BCUT2D eigenvalue weighted by Gasteiger charge is -2.50. The number of aliphatic hydroxyl groups is 1. The summed E-state index contributed by atoms with van der Waals surface area (Å²) in [5.41, 5.74) is -4.38. The molecule has 0 amide bonds. The molecule has 2 unspecified atom stereocenters. The number of hydrogen-bond acceptors (Lipinski definition) is 21. The molecule has 3 heterocycles. The summed E-state index contributed by atoms with van der Waals surface area (Å²) in [6.45, 7) is 15.8. The average Bonchev–Trinajstić information content (AvgIpc) is 3.40. The number of hydrogen-bond donors (Lipinski definition) is 1. The first kappa shape index (κ1) is 62.7. The first-order valence-corrected chi connectivity index (χ1v) is 26.6. The number of ketones is 1. The number of cyclic esters (lactones) is 1. The molecule has 0 aromatic heterocycles. The summed E-state index contributed by atoms with van der Waals surface area (Å²) in [7, 11) is 7.94. The number of ether oxygens (including phenoxy) is 10. The highest BCUT2D eigenvalue weighted by Gasteiger charge is 2.57. The molecule has 0 bridgehead atoms. The molecule has 3 fully saturated rings. The Morgan fingerprint density at radius 1 is 0.763 bits per heavy atom. The van der Waals surface area contributed by atoms with Gasteiger partial charge in [0.2, 0.25) is 0 Å². The van der Waals surface area contributed by atoms with E-state index >= 15 is 9.59 Å². The van der Waals surface area contributed by atoms with E-state index in [-0.39, 0.29) is 19.3 Å². The highest BCUT2D eigenvalue weighted by Crippen LogP contribution is 2.43. The predicted molar refractivity (Wildman–Crippen MR) is 276 cm³/mol. The van der Waals surface area contributed by atoms with E-state index in [1.807, 2.05) is 25.9 Å². The van der Waals surface area contributed by atoms with Crippen molar-refractivity contribution in [3.8, 4) is 0 Å². The molecule has 2 aromatic carbocycles. The maximum Gasteiger partial charge on any atom is 0.338 e. The molecule has 76 heavy (non-hydrogen) atoms. The third kappa shape index (κ3) is 15.0. The summed E-state index contributed by atoms with van der Waals surface area (Å²) in [5.74, 6) is -7.46. The first-order valence-electron chi connectivity index (χ1n) is 25.9. The zero-order chi connectivity index (χ0) is 56.3. The van der Waals surface area contributed by atoms with Gasteiger partial charge < -0.3 is 57.4 Å². The van der Waals surface area contributed by atoms with E-state index in [9.17, 15) is 19.5 Å². The van der Waals surface area contributed by atoms with Gasteiger partial charge in [-0.1, -0.05) is 64.1 Å². The van der Waals surface area contributed by atoms with Crippen LogP contribution in [-0.2, 0) is 75.2 Å². The number of rotatable bonds is 18. The normalized spacial score (nSPS) is 36.9. The Bertz CT molecular complexity index is 2210. The second kappa shape index (κ2) is 27.7. The molecule has 5 rings (SSSR count). The van der Waals surface area contributed by atoms with Gasteiger partial charge in [-0.05, 0) is 92.2 Å².